The van der Waals surface area contributed by atoms with E-state index >= 15 is 0 Å². The first-order valence-electron chi connectivity index (χ1n) is 5.73. The standard InChI is InChI=1S/C14H21ClO2/c1-14(2,3)9-12(15)11-7-6-10(16-4)8-13(11)17-5/h6-8,12H,9H2,1-5H3. The van der Waals surface area contributed by atoms with Crippen molar-refractivity contribution in [2.24, 2.45) is 5.41 Å². The first-order chi connectivity index (χ1) is 7.87. The molecule has 0 saturated carbocycles. The van der Waals surface area contributed by atoms with Crippen molar-refractivity contribution >= 4 is 11.6 Å². The van der Waals surface area contributed by atoms with Crippen molar-refractivity contribution in [1.82, 2.24) is 0 Å². The predicted molar refractivity (Wildman–Crippen MR) is 72.2 cm³/mol. The molecule has 0 aliphatic rings. The Morgan fingerprint density at radius 2 is 1.82 bits per heavy atom. The lowest BCUT2D eigenvalue weighted by atomic mass is 9.88. The highest BCUT2D eigenvalue weighted by molar-refractivity contribution is 6.21. The van der Waals surface area contributed by atoms with Crippen LogP contribution in [0, 0.1) is 5.41 Å². The van der Waals surface area contributed by atoms with E-state index in [1.165, 1.54) is 0 Å². The van der Waals surface area contributed by atoms with E-state index in [9.17, 15) is 0 Å². The van der Waals surface area contributed by atoms with Crippen LogP contribution in [0.1, 0.15) is 38.1 Å². The molecule has 0 aliphatic carbocycles. The molecule has 3 heteroatoms. The van der Waals surface area contributed by atoms with Crippen molar-refractivity contribution in [2.75, 3.05) is 14.2 Å². The maximum atomic E-state index is 6.45. The minimum atomic E-state index is -0.0455. The molecule has 1 aromatic carbocycles. The molecule has 0 spiro atoms. The summed E-state index contributed by atoms with van der Waals surface area (Å²) in [5.74, 6) is 1.57. The zero-order chi connectivity index (χ0) is 13.1. The molecule has 0 bridgehead atoms. The van der Waals surface area contributed by atoms with Gasteiger partial charge in [-0.1, -0.05) is 26.8 Å². The van der Waals surface area contributed by atoms with Crippen molar-refractivity contribution in [3.05, 3.63) is 23.8 Å². The molecular formula is C14H21ClO2. The van der Waals surface area contributed by atoms with Gasteiger partial charge < -0.3 is 9.47 Å². The number of methoxy groups -OCH3 is 2. The summed E-state index contributed by atoms with van der Waals surface area (Å²) in [6.45, 7) is 6.54. The maximum absolute atomic E-state index is 6.45. The quantitative estimate of drug-likeness (QED) is 0.743. The number of rotatable bonds is 4. The average Bonchev–Trinajstić information content (AvgIpc) is 2.25. The third-order valence-corrected chi connectivity index (χ3v) is 2.96. The molecule has 0 saturated heterocycles. The first kappa shape index (κ1) is 14.2. The SMILES string of the molecule is COc1ccc(C(Cl)CC(C)(C)C)c(OC)c1. The van der Waals surface area contributed by atoms with E-state index < -0.39 is 0 Å². The van der Waals surface area contributed by atoms with Crippen LogP contribution in [0.4, 0.5) is 0 Å². The highest BCUT2D eigenvalue weighted by atomic mass is 35.5. The monoisotopic (exact) mass is 256 g/mol. The third-order valence-electron chi connectivity index (χ3n) is 2.57. The summed E-state index contributed by atoms with van der Waals surface area (Å²) >= 11 is 6.45. The highest BCUT2D eigenvalue weighted by Crippen LogP contribution is 2.39. The van der Waals surface area contributed by atoms with Crippen LogP contribution in [0.3, 0.4) is 0 Å². The van der Waals surface area contributed by atoms with Gasteiger partial charge in [0.15, 0.2) is 0 Å². The van der Waals surface area contributed by atoms with E-state index in [1.807, 2.05) is 18.2 Å². The fourth-order valence-corrected chi connectivity index (χ4v) is 2.37. The molecule has 0 aliphatic heterocycles. The Labute approximate surface area is 109 Å². The lowest BCUT2D eigenvalue weighted by Gasteiger charge is -2.23. The van der Waals surface area contributed by atoms with Gasteiger partial charge in [-0.15, -0.1) is 11.6 Å². The molecule has 1 rings (SSSR count). The molecule has 0 N–H and O–H groups in total. The molecule has 0 heterocycles. The van der Waals surface area contributed by atoms with Crippen LogP contribution in [-0.4, -0.2) is 14.2 Å². The molecule has 96 valence electrons. The minimum Gasteiger partial charge on any atom is -0.497 e. The van der Waals surface area contributed by atoms with Gasteiger partial charge in [0, 0.05) is 11.6 Å². The second kappa shape index (κ2) is 5.63. The predicted octanol–water partition coefficient (Wildman–Crippen LogP) is 4.42. The van der Waals surface area contributed by atoms with Crippen LogP contribution >= 0.6 is 11.6 Å². The van der Waals surface area contributed by atoms with Gasteiger partial charge >= 0.3 is 0 Å². The van der Waals surface area contributed by atoms with Gasteiger partial charge in [-0.05, 0) is 17.9 Å². The van der Waals surface area contributed by atoms with E-state index in [2.05, 4.69) is 20.8 Å². The van der Waals surface area contributed by atoms with Crippen LogP contribution in [0.5, 0.6) is 11.5 Å². The summed E-state index contributed by atoms with van der Waals surface area (Å²) in [4.78, 5) is 0. The van der Waals surface area contributed by atoms with Crippen LogP contribution in [0.2, 0.25) is 0 Å². The van der Waals surface area contributed by atoms with Crippen molar-refractivity contribution in [2.45, 2.75) is 32.6 Å². The molecule has 0 amide bonds. The molecule has 0 radical (unpaired) electrons. The average molecular weight is 257 g/mol. The van der Waals surface area contributed by atoms with E-state index in [0.717, 1.165) is 23.5 Å². The Morgan fingerprint density at radius 3 is 2.29 bits per heavy atom. The van der Waals surface area contributed by atoms with Crippen LogP contribution in [-0.2, 0) is 0 Å². The fraction of sp³-hybridized carbons (Fsp3) is 0.571. The Kier molecular flexibility index (Phi) is 4.70. The van der Waals surface area contributed by atoms with Gasteiger partial charge in [-0.3, -0.25) is 0 Å². The van der Waals surface area contributed by atoms with Crippen LogP contribution in [0.15, 0.2) is 18.2 Å². The molecule has 1 atom stereocenters. The number of alkyl halides is 1. The number of ether oxygens (including phenoxy) is 2. The summed E-state index contributed by atoms with van der Waals surface area (Å²) in [5, 5.41) is -0.0455. The molecule has 2 nitrogen and oxygen atoms in total. The van der Waals surface area contributed by atoms with E-state index in [1.54, 1.807) is 14.2 Å². The lowest BCUT2D eigenvalue weighted by molar-refractivity contribution is 0.361. The summed E-state index contributed by atoms with van der Waals surface area (Å²) in [5.41, 5.74) is 1.21. The Bertz CT molecular complexity index is 369. The minimum absolute atomic E-state index is 0.0455. The van der Waals surface area contributed by atoms with Crippen LogP contribution < -0.4 is 9.47 Å². The topological polar surface area (TPSA) is 18.5 Å². The van der Waals surface area contributed by atoms with E-state index in [0.29, 0.717) is 0 Å². The largest absolute Gasteiger partial charge is 0.497 e. The zero-order valence-electron chi connectivity index (χ0n) is 11.2. The van der Waals surface area contributed by atoms with E-state index in [4.69, 9.17) is 21.1 Å². The Hall–Kier alpha value is -0.890. The Morgan fingerprint density at radius 1 is 1.18 bits per heavy atom. The van der Waals surface area contributed by atoms with E-state index in [-0.39, 0.29) is 10.8 Å². The van der Waals surface area contributed by atoms with Crippen molar-refractivity contribution < 1.29 is 9.47 Å². The summed E-state index contributed by atoms with van der Waals surface area (Å²) in [6.07, 6.45) is 0.900. The molecule has 1 aromatic rings. The summed E-state index contributed by atoms with van der Waals surface area (Å²) in [6, 6.07) is 5.75. The van der Waals surface area contributed by atoms with Crippen molar-refractivity contribution in [3.63, 3.8) is 0 Å². The van der Waals surface area contributed by atoms with Gasteiger partial charge in [0.1, 0.15) is 11.5 Å². The second-order valence-electron chi connectivity index (χ2n) is 5.34. The number of benzene rings is 1. The van der Waals surface area contributed by atoms with Gasteiger partial charge in [-0.2, -0.15) is 0 Å². The maximum Gasteiger partial charge on any atom is 0.127 e. The normalized spacial score (nSPS) is 13.3. The highest BCUT2D eigenvalue weighted by Gasteiger charge is 2.21. The molecule has 1 unspecified atom stereocenters. The van der Waals surface area contributed by atoms with Gasteiger partial charge in [-0.25, -0.2) is 0 Å². The second-order valence-corrected chi connectivity index (χ2v) is 5.87. The van der Waals surface area contributed by atoms with Crippen molar-refractivity contribution in [3.8, 4) is 11.5 Å². The smallest absolute Gasteiger partial charge is 0.127 e. The number of halogens is 1. The molecule has 0 fully saturated rings. The molecule has 0 aromatic heterocycles. The molecule has 17 heavy (non-hydrogen) atoms. The fourth-order valence-electron chi connectivity index (χ4n) is 1.72. The summed E-state index contributed by atoms with van der Waals surface area (Å²) < 4.78 is 10.5. The van der Waals surface area contributed by atoms with Gasteiger partial charge in [0.05, 0.1) is 19.6 Å². The number of hydrogen-bond acceptors (Lipinski definition) is 2. The molecular weight excluding hydrogens is 236 g/mol. The van der Waals surface area contributed by atoms with Gasteiger partial charge in [0.25, 0.3) is 0 Å². The number of hydrogen-bond donors (Lipinski definition) is 0. The summed E-state index contributed by atoms with van der Waals surface area (Å²) in [7, 11) is 3.29. The zero-order valence-corrected chi connectivity index (χ0v) is 12.0. The first-order valence-corrected chi connectivity index (χ1v) is 6.17. The van der Waals surface area contributed by atoms with Crippen molar-refractivity contribution in [1.29, 1.82) is 0 Å². The third kappa shape index (κ3) is 4.12. The Balaban J connectivity index is 2.96. The lowest BCUT2D eigenvalue weighted by Crippen LogP contribution is -2.09. The van der Waals surface area contributed by atoms with Gasteiger partial charge in [0.2, 0.25) is 0 Å². The van der Waals surface area contributed by atoms with Crippen LogP contribution in [0.25, 0.3) is 0 Å².